The topological polar surface area (TPSA) is 52.8 Å². The lowest BCUT2D eigenvalue weighted by atomic mass is 10.3. The smallest absolute Gasteiger partial charge is 0.355 e. The van der Waals surface area contributed by atoms with Crippen molar-refractivity contribution in [2.75, 3.05) is 20.8 Å². The summed E-state index contributed by atoms with van der Waals surface area (Å²) >= 11 is 0. The van der Waals surface area contributed by atoms with Crippen molar-refractivity contribution in [1.29, 1.82) is 0 Å². The summed E-state index contributed by atoms with van der Waals surface area (Å²) in [5.41, 5.74) is 1.39. The molecule has 0 aliphatic rings. The van der Waals surface area contributed by atoms with Gasteiger partial charge in [0.15, 0.2) is 0 Å². The number of imidazole rings is 1. The van der Waals surface area contributed by atoms with Crippen LogP contribution in [-0.2, 0) is 15.9 Å². The van der Waals surface area contributed by atoms with Gasteiger partial charge in [-0.1, -0.05) is 6.07 Å². The molecule has 0 fully saturated rings. The fraction of sp³-hybridized carbons (Fsp3) is 0.385. The molecule has 5 heteroatoms. The fourth-order valence-corrected chi connectivity index (χ4v) is 1.93. The Bertz CT molecular complexity index is 548. The summed E-state index contributed by atoms with van der Waals surface area (Å²) in [6, 6.07) is 5.47. The number of carbonyl (C=O) groups is 1. The molecule has 0 unspecified atom stereocenters. The van der Waals surface area contributed by atoms with Gasteiger partial charge in [-0.2, -0.15) is 0 Å². The number of carbonyl (C=O) groups excluding carboxylic acids is 1. The van der Waals surface area contributed by atoms with E-state index >= 15 is 0 Å². The molecule has 0 amide bonds. The molecular formula is C13H16N2O3. The molecule has 0 spiro atoms. The first-order chi connectivity index (χ1) is 8.77. The van der Waals surface area contributed by atoms with Crippen molar-refractivity contribution in [2.45, 2.75) is 12.8 Å². The number of methoxy groups -OCH3 is 2. The summed E-state index contributed by atoms with van der Waals surface area (Å²) in [6.45, 7) is 0.676. The predicted octanol–water partition coefficient (Wildman–Crippen LogP) is 1.70. The van der Waals surface area contributed by atoms with E-state index < -0.39 is 0 Å². The summed E-state index contributed by atoms with van der Waals surface area (Å²) in [5.74, 6) is 0.495. The summed E-state index contributed by atoms with van der Waals surface area (Å²) in [6.07, 6.45) is 3.38. The van der Waals surface area contributed by atoms with Gasteiger partial charge in [-0.25, -0.2) is 9.78 Å². The number of nitrogens with zero attached hydrogens (tertiary/aromatic N) is 2. The average molecular weight is 248 g/mol. The Hall–Kier alpha value is -1.88. The highest BCUT2D eigenvalue weighted by molar-refractivity contribution is 5.88. The minimum Gasteiger partial charge on any atom is -0.464 e. The van der Waals surface area contributed by atoms with Crippen molar-refractivity contribution in [2.24, 2.45) is 0 Å². The molecule has 2 aromatic rings. The minimum absolute atomic E-state index is 0.355. The average Bonchev–Trinajstić information content (AvgIpc) is 2.81. The van der Waals surface area contributed by atoms with Crippen molar-refractivity contribution in [3.8, 4) is 0 Å². The molecule has 0 aliphatic heterocycles. The van der Waals surface area contributed by atoms with Gasteiger partial charge in [0, 0.05) is 20.1 Å². The summed E-state index contributed by atoms with van der Waals surface area (Å²) in [7, 11) is 3.05. The SMILES string of the molecule is COCCCc1ncc2cccc(C(=O)OC)n12. The normalized spacial score (nSPS) is 10.8. The molecular weight excluding hydrogens is 232 g/mol. The number of hydrogen-bond acceptors (Lipinski definition) is 4. The second-order valence-corrected chi connectivity index (χ2v) is 3.93. The first-order valence-corrected chi connectivity index (χ1v) is 5.80. The highest BCUT2D eigenvalue weighted by atomic mass is 16.5. The number of hydrogen-bond donors (Lipinski definition) is 0. The molecule has 96 valence electrons. The molecule has 0 aliphatic carbocycles. The summed E-state index contributed by atoms with van der Waals surface area (Å²) in [5, 5.41) is 0. The number of ether oxygens (including phenoxy) is 2. The monoisotopic (exact) mass is 248 g/mol. The second kappa shape index (κ2) is 5.64. The molecule has 0 saturated carbocycles. The van der Waals surface area contributed by atoms with Crippen LogP contribution in [0, 0.1) is 0 Å². The van der Waals surface area contributed by atoms with Crippen LogP contribution in [0.2, 0.25) is 0 Å². The second-order valence-electron chi connectivity index (χ2n) is 3.93. The molecule has 0 aromatic carbocycles. The van der Waals surface area contributed by atoms with Gasteiger partial charge in [-0.05, 0) is 18.6 Å². The lowest BCUT2D eigenvalue weighted by Crippen LogP contribution is -2.10. The van der Waals surface area contributed by atoms with E-state index in [4.69, 9.17) is 9.47 Å². The molecule has 18 heavy (non-hydrogen) atoms. The Balaban J connectivity index is 2.39. The molecule has 5 nitrogen and oxygen atoms in total. The van der Waals surface area contributed by atoms with Gasteiger partial charge in [0.25, 0.3) is 0 Å². The van der Waals surface area contributed by atoms with Crippen molar-refractivity contribution < 1.29 is 14.3 Å². The first-order valence-electron chi connectivity index (χ1n) is 5.80. The first kappa shape index (κ1) is 12.6. The van der Waals surface area contributed by atoms with Crippen molar-refractivity contribution in [1.82, 2.24) is 9.38 Å². The Morgan fingerprint density at radius 1 is 1.39 bits per heavy atom. The Morgan fingerprint density at radius 3 is 2.94 bits per heavy atom. The fourth-order valence-electron chi connectivity index (χ4n) is 1.93. The van der Waals surface area contributed by atoms with E-state index in [1.165, 1.54) is 7.11 Å². The third-order valence-electron chi connectivity index (χ3n) is 2.77. The van der Waals surface area contributed by atoms with E-state index in [0.717, 1.165) is 24.2 Å². The van der Waals surface area contributed by atoms with E-state index in [9.17, 15) is 4.79 Å². The van der Waals surface area contributed by atoms with E-state index in [2.05, 4.69) is 4.98 Å². The van der Waals surface area contributed by atoms with Crippen LogP contribution in [0.25, 0.3) is 5.52 Å². The van der Waals surface area contributed by atoms with Crippen molar-refractivity contribution >= 4 is 11.5 Å². The molecule has 2 rings (SSSR count). The van der Waals surface area contributed by atoms with Gasteiger partial charge >= 0.3 is 5.97 Å². The van der Waals surface area contributed by atoms with Crippen LogP contribution in [0.15, 0.2) is 24.4 Å². The number of pyridine rings is 1. The van der Waals surface area contributed by atoms with Gasteiger partial charge < -0.3 is 9.47 Å². The van der Waals surface area contributed by atoms with Crippen molar-refractivity contribution in [3.63, 3.8) is 0 Å². The van der Waals surface area contributed by atoms with Crippen LogP contribution in [-0.4, -0.2) is 36.2 Å². The lowest BCUT2D eigenvalue weighted by molar-refractivity contribution is 0.0592. The number of rotatable bonds is 5. The van der Waals surface area contributed by atoms with Gasteiger partial charge in [-0.3, -0.25) is 4.40 Å². The summed E-state index contributed by atoms with van der Waals surface area (Å²) < 4.78 is 11.6. The van der Waals surface area contributed by atoms with E-state index in [-0.39, 0.29) is 5.97 Å². The van der Waals surface area contributed by atoms with Crippen LogP contribution in [0.3, 0.4) is 0 Å². The van der Waals surface area contributed by atoms with E-state index in [1.54, 1.807) is 19.4 Å². The third kappa shape index (κ3) is 2.36. The maximum absolute atomic E-state index is 11.7. The van der Waals surface area contributed by atoms with Crippen LogP contribution >= 0.6 is 0 Å². The lowest BCUT2D eigenvalue weighted by Gasteiger charge is -2.06. The zero-order valence-electron chi connectivity index (χ0n) is 10.5. The Kier molecular flexibility index (Phi) is 3.94. The van der Waals surface area contributed by atoms with Crippen LogP contribution < -0.4 is 0 Å². The quantitative estimate of drug-likeness (QED) is 0.597. The van der Waals surface area contributed by atoms with Crippen molar-refractivity contribution in [3.05, 3.63) is 35.9 Å². The minimum atomic E-state index is -0.355. The highest BCUT2D eigenvalue weighted by Gasteiger charge is 2.13. The number of aryl methyl sites for hydroxylation is 1. The molecule has 0 N–H and O–H groups in total. The van der Waals surface area contributed by atoms with Gasteiger partial charge in [-0.15, -0.1) is 0 Å². The number of fused-ring (bicyclic) bond motifs is 1. The molecule has 0 radical (unpaired) electrons. The van der Waals surface area contributed by atoms with Crippen LogP contribution in [0.5, 0.6) is 0 Å². The largest absolute Gasteiger partial charge is 0.464 e. The maximum Gasteiger partial charge on any atom is 0.355 e. The molecule has 0 atom stereocenters. The molecule has 0 saturated heterocycles. The third-order valence-corrected chi connectivity index (χ3v) is 2.77. The van der Waals surface area contributed by atoms with Gasteiger partial charge in [0.05, 0.1) is 18.8 Å². The Morgan fingerprint density at radius 2 is 2.22 bits per heavy atom. The zero-order chi connectivity index (χ0) is 13.0. The molecule has 2 aromatic heterocycles. The maximum atomic E-state index is 11.7. The highest BCUT2D eigenvalue weighted by Crippen LogP contribution is 2.13. The standard InChI is InChI=1S/C13H16N2O3/c1-17-8-4-7-12-14-9-10-5-3-6-11(15(10)12)13(16)18-2/h3,5-6,9H,4,7-8H2,1-2H3. The predicted molar refractivity (Wildman–Crippen MR) is 66.7 cm³/mol. The number of aromatic nitrogens is 2. The van der Waals surface area contributed by atoms with E-state index in [0.29, 0.717) is 12.3 Å². The molecule has 2 heterocycles. The zero-order valence-corrected chi connectivity index (χ0v) is 10.5. The molecule has 0 bridgehead atoms. The van der Waals surface area contributed by atoms with Gasteiger partial charge in [0.2, 0.25) is 0 Å². The van der Waals surface area contributed by atoms with Gasteiger partial charge in [0.1, 0.15) is 11.5 Å². The Labute approximate surface area is 105 Å². The van der Waals surface area contributed by atoms with E-state index in [1.807, 2.05) is 16.5 Å². The van der Waals surface area contributed by atoms with Crippen LogP contribution in [0.1, 0.15) is 22.7 Å². The number of esters is 1. The summed E-state index contributed by atoms with van der Waals surface area (Å²) in [4.78, 5) is 16.1. The van der Waals surface area contributed by atoms with Crippen LogP contribution in [0.4, 0.5) is 0 Å².